The Bertz CT molecular complexity index is 972. The smallest absolute Gasteiger partial charge is 0.309 e. The van der Waals surface area contributed by atoms with Crippen molar-refractivity contribution in [3.05, 3.63) is 11.6 Å². The molecule has 1 spiro atoms. The van der Waals surface area contributed by atoms with Crippen LogP contribution in [0.5, 0.6) is 0 Å². The summed E-state index contributed by atoms with van der Waals surface area (Å²) in [6, 6.07) is 0. The van der Waals surface area contributed by atoms with E-state index >= 15 is 0 Å². The van der Waals surface area contributed by atoms with Crippen molar-refractivity contribution < 1.29 is 19.5 Å². The van der Waals surface area contributed by atoms with Gasteiger partial charge in [-0.05, 0) is 95.2 Å². The molecule has 194 valence electrons. The van der Waals surface area contributed by atoms with E-state index in [-0.39, 0.29) is 52.2 Å². The van der Waals surface area contributed by atoms with Crippen LogP contribution < -0.4 is 0 Å². The summed E-state index contributed by atoms with van der Waals surface area (Å²) >= 11 is 0. The van der Waals surface area contributed by atoms with E-state index in [0.717, 1.165) is 51.5 Å². The van der Waals surface area contributed by atoms with E-state index in [1.807, 2.05) is 21.0 Å². The maximum atomic E-state index is 14.0. The molecule has 4 fully saturated rings. The summed E-state index contributed by atoms with van der Waals surface area (Å²) in [6.07, 6.45) is 8.53. The minimum atomic E-state index is -0.705. The van der Waals surface area contributed by atoms with E-state index in [9.17, 15) is 19.5 Å². The minimum Gasteiger partial charge on any atom is -0.481 e. The van der Waals surface area contributed by atoms with E-state index < -0.39 is 11.4 Å². The van der Waals surface area contributed by atoms with Crippen LogP contribution in [0.1, 0.15) is 72.6 Å². The molecular formula is C29H44N2O4. The SMILES string of the molecule is CC(C)C1=C[C@]23CC[C@@H]4[C@](C)(CCC[C@@]4(C)C(=O)O)[C@@H]2C[C@@H]1[C@H]1C(=O)N(CCCN(C)C)C(=O)[C@@H]13. The van der Waals surface area contributed by atoms with Crippen LogP contribution in [0.25, 0.3) is 0 Å². The van der Waals surface area contributed by atoms with Gasteiger partial charge in [-0.15, -0.1) is 0 Å². The predicted molar refractivity (Wildman–Crippen MR) is 134 cm³/mol. The summed E-state index contributed by atoms with van der Waals surface area (Å²) in [5, 5.41) is 10.3. The molecule has 6 rings (SSSR count). The lowest BCUT2D eigenvalue weighted by Crippen LogP contribution is -2.65. The summed E-state index contributed by atoms with van der Waals surface area (Å²) in [5.41, 5.74) is 0.235. The fraction of sp³-hybridized carbons (Fsp3) is 0.828. The molecule has 0 unspecified atom stereocenters. The fourth-order valence-electron chi connectivity index (χ4n) is 9.78. The van der Waals surface area contributed by atoms with Crippen molar-refractivity contribution in [2.24, 2.45) is 51.8 Å². The van der Waals surface area contributed by atoms with Gasteiger partial charge in [-0.25, -0.2) is 0 Å². The molecule has 6 aliphatic rings. The zero-order valence-corrected chi connectivity index (χ0v) is 22.5. The average Bonchev–Trinajstić information content (AvgIpc) is 3.05. The Morgan fingerprint density at radius 2 is 1.86 bits per heavy atom. The number of allylic oxidation sites excluding steroid dienone is 2. The van der Waals surface area contributed by atoms with Gasteiger partial charge in [0.15, 0.2) is 0 Å². The van der Waals surface area contributed by atoms with Crippen LogP contribution in [0.3, 0.4) is 0 Å². The molecule has 2 bridgehead atoms. The molecule has 8 atom stereocenters. The fourth-order valence-corrected chi connectivity index (χ4v) is 9.78. The first-order valence-electron chi connectivity index (χ1n) is 13.8. The molecule has 1 saturated heterocycles. The van der Waals surface area contributed by atoms with Gasteiger partial charge in [0.2, 0.25) is 11.8 Å². The lowest BCUT2D eigenvalue weighted by Gasteiger charge is -2.68. The third-order valence-electron chi connectivity index (χ3n) is 11.2. The van der Waals surface area contributed by atoms with E-state index in [2.05, 4.69) is 31.7 Å². The number of aliphatic carboxylic acids is 1. The van der Waals surface area contributed by atoms with Crippen molar-refractivity contribution in [3.8, 4) is 0 Å². The van der Waals surface area contributed by atoms with Crippen molar-refractivity contribution in [1.29, 1.82) is 0 Å². The highest BCUT2D eigenvalue weighted by molar-refractivity contribution is 6.06. The first-order chi connectivity index (χ1) is 16.4. The molecule has 1 aliphatic heterocycles. The number of hydrogen-bond donors (Lipinski definition) is 1. The first-order valence-corrected chi connectivity index (χ1v) is 13.8. The Morgan fingerprint density at radius 3 is 2.49 bits per heavy atom. The van der Waals surface area contributed by atoms with Crippen LogP contribution in [0.15, 0.2) is 11.6 Å². The monoisotopic (exact) mass is 484 g/mol. The third-order valence-corrected chi connectivity index (χ3v) is 11.2. The van der Waals surface area contributed by atoms with E-state index in [4.69, 9.17) is 0 Å². The third kappa shape index (κ3) is 3.27. The minimum absolute atomic E-state index is 0.0476. The number of carbonyl (C=O) groups excluding carboxylic acids is 2. The molecule has 0 aromatic rings. The normalized spacial score (nSPS) is 44.4. The van der Waals surface area contributed by atoms with Crippen LogP contribution in [-0.2, 0) is 14.4 Å². The molecule has 1 heterocycles. The number of amides is 2. The summed E-state index contributed by atoms with van der Waals surface area (Å²) in [5.74, 6) is -0.215. The Balaban J connectivity index is 1.57. The Labute approximate surface area is 210 Å². The Kier molecular flexibility index (Phi) is 5.82. The van der Waals surface area contributed by atoms with Crippen LogP contribution in [0, 0.1) is 51.8 Å². The van der Waals surface area contributed by atoms with Crippen molar-refractivity contribution in [3.63, 3.8) is 0 Å². The van der Waals surface area contributed by atoms with Crippen molar-refractivity contribution in [2.75, 3.05) is 27.2 Å². The molecular weight excluding hydrogens is 440 g/mol. The van der Waals surface area contributed by atoms with E-state index in [1.165, 1.54) is 5.57 Å². The number of rotatable bonds is 6. The second-order valence-corrected chi connectivity index (χ2v) is 13.5. The standard InChI is InChI=1S/C29H44N2O4/c1-17(2)19-16-29-12-9-20-27(3,10-7-11-28(20,4)26(34)35)21(29)15-18(19)22-23(29)25(33)31(24(22)32)14-8-13-30(5)6/h16-18,20-23H,7-15H2,1-6H3,(H,34,35)/t18-,20+,21-,22+,23+,27-,28+,29+/m0/s1. The van der Waals surface area contributed by atoms with E-state index in [1.54, 1.807) is 4.90 Å². The topological polar surface area (TPSA) is 77.9 Å². The second kappa shape index (κ2) is 8.16. The lowest BCUT2D eigenvalue weighted by molar-refractivity contribution is -0.194. The molecule has 2 amide bonds. The summed E-state index contributed by atoms with van der Waals surface area (Å²) < 4.78 is 0. The highest BCUT2D eigenvalue weighted by Crippen LogP contribution is 2.74. The number of carboxylic acid groups (broad SMARTS) is 1. The largest absolute Gasteiger partial charge is 0.481 e. The van der Waals surface area contributed by atoms with Crippen molar-refractivity contribution in [2.45, 2.75) is 72.6 Å². The van der Waals surface area contributed by atoms with Gasteiger partial charge in [0.25, 0.3) is 0 Å². The van der Waals surface area contributed by atoms with E-state index in [0.29, 0.717) is 12.5 Å². The summed E-state index contributed by atoms with van der Waals surface area (Å²) in [7, 11) is 4.04. The first kappa shape index (κ1) is 25.0. The van der Waals surface area contributed by atoms with Gasteiger partial charge in [-0.1, -0.05) is 38.8 Å². The van der Waals surface area contributed by atoms with Gasteiger partial charge in [0.1, 0.15) is 0 Å². The second-order valence-electron chi connectivity index (χ2n) is 13.5. The van der Waals surface area contributed by atoms with Crippen molar-refractivity contribution in [1.82, 2.24) is 9.80 Å². The van der Waals surface area contributed by atoms with Crippen LogP contribution >= 0.6 is 0 Å². The zero-order chi connectivity index (χ0) is 25.5. The zero-order valence-electron chi connectivity index (χ0n) is 22.5. The molecule has 6 heteroatoms. The molecule has 35 heavy (non-hydrogen) atoms. The maximum Gasteiger partial charge on any atom is 0.309 e. The molecule has 0 radical (unpaired) electrons. The Hall–Kier alpha value is -1.69. The van der Waals surface area contributed by atoms with Gasteiger partial charge in [-0.3, -0.25) is 19.3 Å². The number of fused-ring (bicyclic) bond motifs is 1. The number of imide groups is 1. The summed E-state index contributed by atoms with van der Waals surface area (Å²) in [6.45, 7) is 10.1. The number of likely N-dealkylation sites (tertiary alicyclic amines) is 1. The van der Waals surface area contributed by atoms with Gasteiger partial charge < -0.3 is 10.0 Å². The molecule has 0 aromatic heterocycles. The van der Waals surface area contributed by atoms with Crippen LogP contribution in [0.2, 0.25) is 0 Å². The summed E-state index contributed by atoms with van der Waals surface area (Å²) in [4.78, 5) is 44.0. The van der Waals surface area contributed by atoms with Gasteiger partial charge >= 0.3 is 5.97 Å². The number of nitrogens with zero attached hydrogens (tertiary/aromatic N) is 2. The molecule has 1 N–H and O–H groups in total. The van der Waals surface area contributed by atoms with Crippen molar-refractivity contribution >= 4 is 17.8 Å². The van der Waals surface area contributed by atoms with Gasteiger partial charge in [0.05, 0.1) is 17.3 Å². The number of carboxylic acids is 1. The highest BCUT2D eigenvalue weighted by atomic mass is 16.4. The molecule has 5 aliphatic carbocycles. The van der Waals surface area contributed by atoms with Gasteiger partial charge in [-0.2, -0.15) is 0 Å². The predicted octanol–water partition coefficient (Wildman–Crippen LogP) is 4.45. The lowest BCUT2D eigenvalue weighted by atomic mass is 9.34. The molecule has 3 saturated carbocycles. The van der Waals surface area contributed by atoms with Crippen LogP contribution in [0.4, 0.5) is 0 Å². The number of hydrogen-bond acceptors (Lipinski definition) is 4. The number of carbonyl (C=O) groups is 3. The molecule has 0 aromatic carbocycles. The Morgan fingerprint density at radius 1 is 1.14 bits per heavy atom. The highest BCUT2D eigenvalue weighted by Gasteiger charge is 2.73. The maximum absolute atomic E-state index is 14.0. The molecule has 6 nitrogen and oxygen atoms in total. The van der Waals surface area contributed by atoms with Gasteiger partial charge in [0, 0.05) is 12.0 Å². The average molecular weight is 485 g/mol. The quantitative estimate of drug-likeness (QED) is 0.445. The van der Waals surface area contributed by atoms with Crippen LogP contribution in [-0.4, -0.2) is 59.9 Å².